The molecule has 0 spiro atoms. The molecule has 0 unspecified atom stereocenters. The van der Waals surface area contributed by atoms with Gasteiger partial charge >= 0.3 is 12.1 Å². The Hall–Kier alpha value is -2.47. The van der Waals surface area contributed by atoms with Gasteiger partial charge in [0.2, 0.25) is 0 Å². The summed E-state index contributed by atoms with van der Waals surface area (Å²) >= 11 is 6.24. The maximum absolute atomic E-state index is 12.0. The fourth-order valence-electron chi connectivity index (χ4n) is 3.15. The number of carbonyl (C=O) groups is 1. The van der Waals surface area contributed by atoms with Crippen molar-refractivity contribution in [3.05, 3.63) is 119 Å². The van der Waals surface area contributed by atoms with Crippen LogP contribution in [0, 0.1) is 0 Å². The molecule has 0 saturated heterocycles. The second-order valence-electron chi connectivity index (χ2n) is 7.23. The second-order valence-corrected chi connectivity index (χ2v) is 10.9. The molecule has 180 valence electrons. The summed E-state index contributed by atoms with van der Waals surface area (Å²) in [7, 11) is -0.446. The van der Waals surface area contributed by atoms with Crippen molar-refractivity contribution in [2.24, 2.45) is 0 Å². The van der Waals surface area contributed by atoms with Crippen molar-refractivity contribution in [3.8, 4) is 0 Å². The van der Waals surface area contributed by atoms with Crippen LogP contribution < -0.4 is 21.2 Å². The molecule has 1 amide bonds. The second kappa shape index (κ2) is 13.0. The van der Waals surface area contributed by atoms with Crippen LogP contribution in [0.3, 0.4) is 0 Å². The number of benzene rings is 4. The van der Waals surface area contributed by atoms with Crippen LogP contribution in [0.4, 0.5) is 18.9 Å². The van der Waals surface area contributed by atoms with Gasteiger partial charge in [-0.1, -0.05) is 129 Å². The summed E-state index contributed by atoms with van der Waals surface area (Å²) in [6.07, 6.45) is -4.88. The lowest BCUT2D eigenvalue weighted by molar-refractivity contribution is -0.167. The molecular weight excluding hydrogens is 602 g/mol. The van der Waals surface area contributed by atoms with E-state index in [9.17, 15) is 18.0 Å². The molecule has 0 aromatic heterocycles. The molecular formula is C27H21Br2F3NOP. The Morgan fingerprint density at radius 3 is 1.54 bits per heavy atom. The zero-order chi connectivity index (χ0) is 25.3. The van der Waals surface area contributed by atoms with E-state index in [0.29, 0.717) is 15.4 Å². The molecule has 0 heterocycles. The molecule has 4 aromatic rings. The van der Waals surface area contributed by atoms with E-state index in [1.54, 1.807) is 12.1 Å². The smallest absolute Gasteiger partial charge is 0.318 e. The highest BCUT2D eigenvalue weighted by atomic mass is 79.9. The first-order chi connectivity index (χ1) is 16.8. The number of halogens is 5. The van der Waals surface area contributed by atoms with E-state index < -0.39 is 20.0 Å². The third-order valence-corrected chi connectivity index (χ3v) is 8.31. The van der Waals surface area contributed by atoms with Crippen molar-refractivity contribution < 1.29 is 18.0 Å². The molecule has 0 radical (unpaired) electrons. The SMILES string of the molecule is O=C(Nc1cc(Br)ccc1CBr)C(F)(F)F.c1ccc(P(c2ccccc2)c2ccccc2)cc1. The van der Waals surface area contributed by atoms with Crippen molar-refractivity contribution in [2.75, 3.05) is 5.32 Å². The maximum Gasteiger partial charge on any atom is 0.471 e. The minimum atomic E-state index is -4.88. The van der Waals surface area contributed by atoms with Crippen LogP contribution in [0.5, 0.6) is 0 Å². The summed E-state index contributed by atoms with van der Waals surface area (Å²) < 4.78 is 36.7. The molecule has 0 aliphatic carbocycles. The van der Waals surface area contributed by atoms with Crippen molar-refractivity contribution >= 4 is 67.3 Å². The number of alkyl halides is 4. The Morgan fingerprint density at radius 2 is 1.17 bits per heavy atom. The highest BCUT2D eigenvalue weighted by Gasteiger charge is 2.38. The van der Waals surface area contributed by atoms with Crippen LogP contribution in [0.25, 0.3) is 0 Å². The number of nitrogens with one attached hydrogen (secondary N) is 1. The average Bonchev–Trinajstić information content (AvgIpc) is 2.86. The van der Waals surface area contributed by atoms with Gasteiger partial charge < -0.3 is 5.32 Å². The number of hydrogen-bond donors (Lipinski definition) is 1. The standard InChI is InChI=1S/C18H15P.C9H6Br2F3NO/c1-4-10-16(11-5-1)19(17-12-6-2-7-13-17)18-14-8-3-9-15-18;10-4-5-1-2-6(11)3-7(5)15-8(16)9(12,13)14/h1-15H;1-3H,4H2,(H,15,16). The Balaban J connectivity index is 0.000000199. The molecule has 2 nitrogen and oxygen atoms in total. The summed E-state index contributed by atoms with van der Waals surface area (Å²) in [5, 5.41) is 6.37. The minimum absolute atomic E-state index is 0.133. The molecule has 35 heavy (non-hydrogen) atoms. The van der Waals surface area contributed by atoms with Gasteiger partial charge in [-0.2, -0.15) is 13.2 Å². The number of hydrogen-bond acceptors (Lipinski definition) is 1. The fourth-order valence-corrected chi connectivity index (χ4v) is 6.31. The monoisotopic (exact) mass is 621 g/mol. The normalized spacial score (nSPS) is 10.9. The maximum atomic E-state index is 12.0. The minimum Gasteiger partial charge on any atom is -0.318 e. The molecule has 4 rings (SSSR count). The molecule has 0 fully saturated rings. The molecule has 0 atom stereocenters. The fraction of sp³-hybridized carbons (Fsp3) is 0.0741. The van der Waals surface area contributed by atoms with Crippen LogP contribution in [0.2, 0.25) is 0 Å². The Kier molecular flexibility index (Phi) is 10.1. The number of carbonyl (C=O) groups excluding carboxylic acids is 1. The lowest BCUT2D eigenvalue weighted by Crippen LogP contribution is -2.30. The third-order valence-electron chi connectivity index (χ3n) is 4.76. The highest BCUT2D eigenvalue weighted by molar-refractivity contribution is 9.10. The topological polar surface area (TPSA) is 29.1 Å². The van der Waals surface area contributed by atoms with Gasteiger partial charge in [0, 0.05) is 15.5 Å². The van der Waals surface area contributed by atoms with Gasteiger partial charge in [0.25, 0.3) is 0 Å². The van der Waals surface area contributed by atoms with E-state index in [4.69, 9.17) is 0 Å². The zero-order valence-corrected chi connectivity index (χ0v) is 22.4. The van der Waals surface area contributed by atoms with Gasteiger partial charge in [0.1, 0.15) is 0 Å². The highest BCUT2D eigenvalue weighted by Crippen LogP contribution is 2.32. The van der Waals surface area contributed by atoms with Crippen LogP contribution >= 0.6 is 39.8 Å². The quantitative estimate of drug-likeness (QED) is 0.184. The first-order valence-corrected chi connectivity index (χ1v) is 13.7. The summed E-state index contributed by atoms with van der Waals surface area (Å²) in [4.78, 5) is 10.7. The largest absolute Gasteiger partial charge is 0.471 e. The van der Waals surface area contributed by atoms with Gasteiger partial charge in [-0.3, -0.25) is 4.79 Å². The van der Waals surface area contributed by atoms with Crippen LogP contribution in [0.1, 0.15) is 5.56 Å². The molecule has 0 aliphatic heterocycles. The molecule has 0 saturated carbocycles. The number of amides is 1. The molecule has 1 N–H and O–H groups in total. The van der Waals surface area contributed by atoms with E-state index in [2.05, 4.69) is 123 Å². The van der Waals surface area contributed by atoms with E-state index >= 15 is 0 Å². The van der Waals surface area contributed by atoms with Gasteiger partial charge in [-0.05, 0) is 41.5 Å². The molecule has 8 heteroatoms. The van der Waals surface area contributed by atoms with Gasteiger partial charge in [-0.25, -0.2) is 0 Å². The third kappa shape index (κ3) is 8.03. The lowest BCUT2D eigenvalue weighted by atomic mass is 10.2. The van der Waals surface area contributed by atoms with Gasteiger partial charge in [0.15, 0.2) is 0 Å². The van der Waals surface area contributed by atoms with Crippen LogP contribution in [0.15, 0.2) is 114 Å². The van der Waals surface area contributed by atoms with E-state index in [-0.39, 0.29) is 5.69 Å². The van der Waals surface area contributed by atoms with Gasteiger partial charge in [-0.15, -0.1) is 0 Å². The predicted octanol–water partition coefficient (Wildman–Crippen LogP) is 7.29. The summed E-state index contributed by atoms with van der Waals surface area (Å²) in [6.45, 7) is 0. The molecule has 0 bridgehead atoms. The molecule has 0 aliphatic rings. The lowest BCUT2D eigenvalue weighted by Gasteiger charge is -2.18. The zero-order valence-electron chi connectivity index (χ0n) is 18.3. The van der Waals surface area contributed by atoms with Crippen LogP contribution in [-0.4, -0.2) is 12.1 Å². The van der Waals surface area contributed by atoms with Crippen molar-refractivity contribution in [1.82, 2.24) is 0 Å². The van der Waals surface area contributed by atoms with Crippen LogP contribution in [-0.2, 0) is 10.1 Å². The Morgan fingerprint density at radius 1 is 0.743 bits per heavy atom. The number of anilines is 1. The predicted molar refractivity (Wildman–Crippen MR) is 147 cm³/mol. The number of rotatable bonds is 5. The Bertz CT molecular complexity index is 1130. The van der Waals surface area contributed by atoms with E-state index in [1.807, 2.05) is 5.32 Å². The molecule has 4 aromatic carbocycles. The van der Waals surface area contributed by atoms with Crippen molar-refractivity contribution in [1.29, 1.82) is 0 Å². The Labute approximate surface area is 220 Å². The van der Waals surface area contributed by atoms with Crippen molar-refractivity contribution in [3.63, 3.8) is 0 Å². The summed E-state index contributed by atoms with van der Waals surface area (Å²) in [5.41, 5.74) is 0.703. The summed E-state index contributed by atoms with van der Waals surface area (Å²) in [6, 6.07) is 37.0. The van der Waals surface area contributed by atoms with Gasteiger partial charge in [0.05, 0.1) is 0 Å². The first-order valence-electron chi connectivity index (χ1n) is 10.5. The summed E-state index contributed by atoms with van der Waals surface area (Å²) in [5.74, 6) is -1.98. The first kappa shape index (κ1) is 27.1. The van der Waals surface area contributed by atoms with E-state index in [1.165, 1.54) is 22.0 Å². The van der Waals surface area contributed by atoms with E-state index in [0.717, 1.165) is 0 Å². The average molecular weight is 623 g/mol. The van der Waals surface area contributed by atoms with Crippen molar-refractivity contribution in [2.45, 2.75) is 11.5 Å².